The molecule has 0 saturated heterocycles. The lowest BCUT2D eigenvalue weighted by Gasteiger charge is -2.14. The van der Waals surface area contributed by atoms with E-state index >= 15 is 0 Å². The summed E-state index contributed by atoms with van der Waals surface area (Å²) in [5, 5.41) is 17.4. The fourth-order valence-electron chi connectivity index (χ4n) is 2.23. The number of rotatable bonds is 7. The summed E-state index contributed by atoms with van der Waals surface area (Å²) in [7, 11) is 3.17. The molecule has 2 aromatic rings. The molecular weight excluding hydrogens is 284 g/mol. The highest BCUT2D eigenvalue weighted by molar-refractivity contribution is 5.39. The largest absolute Gasteiger partial charge is 0.497 e. The first kappa shape index (κ1) is 16.3. The number of benzene rings is 1. The molecule has 22 heavy (non-hydrogen) atoms. The number of hydrogen-bond donors (Lipinski definition) is 2. The topological polar surface area (TPSA) is 76.8 Å². The zero-order valence-electron chi connectivity index (χ0n) is 13.3. The van der Waals surface area contributed by atoms with Gasteiger partial charge in [0.05, 0.1) is 26.0 Å². The molecule has 120 valence electrons. The maximum atomic E-state index is 10.3. The molecule has 0 spiro atoms. The minimum Gasteiger partial charge on any atom is -0.497 e. The van der Waals surface area contributed by atoms with E-state index in [1.807, 2.05) is 13.8 Å². The van der Waals surface area contributed by atoms with Gasteiger partial charge in [0, 0.05) is 24.7 Å². The third-order valence-electron chi connectivity index (χ3n) is 3.58. The molecular formula is C16H22N2O4. The zero-order chi connectivity index (χ0) is 16.1. The van der Waals surface area contributed by atoms with Crippen LogP contribution in [0.2, 0.25) is 0 Å². The van der Waals surface area contributed by atoms with Gasteiger partial charge in [0.15, 0.2) is 0 Å². The number of methoxy groups -OCH3 is 2. The molecule has 0 aliphatic heterocycles. The van der Waals surface area contributed by atoms with Crippen LogP contribution in [-0.4, -0.2) is 31.0 Å². The Labute approximate surface area is 130 Å². The fourth-order valence-corrected chi connectivity index (χ4v) is 2.23. The summed E-state index contributed by atoms with van der Waals surface area (Å²) in [6.07, 6.45) is -0.663. The summed E-state index contributed by atoms with van der Waals surface area (Å²) in [5.74, 6) is 2.10. The standard InChI is InChI=1S/C16H22N2O4/c1-10-15(11(2)22-18-10)8-17-9-16(19)12-5-13(20-3)7-14(6-12)21-4/h5-7,16-17,19H,8-9H2,1-4H3. The van der Waals surface area contributed by atoms with Crippen LogP contribution in [-0.2, 0) is 6.54 Å². The van der Waals surface area contributed by atoms with Gasteiger partial charge in [0.1, 0.15) is 17.3 Å². The van der Waals surface area contributed by atoms with Crippen LogP contribution in [0, 0.1) is 13.8 Å². The summed E-state index contributed by atoms with van der Waals surface area (Å²) in [4.78, 5) is 0. The summed E-state index contributed by atoms with van der Waals surface area (Å²) >= 11 is 0. The highest BCUT2D eigenvalue weighted by Gasteiger charge is 2.13. The lowest BCUT2D eigenvalue weighted by molar-refractivity contribution is 0.173. The van der Waals surface area contributed by atoms with Gasteiger partial charge in [-0.3, -0.25) is 0 Å². The predicted molar refractivity (Wildman–Crippen MR) is 82.2 cm³/mol. The molecule has 1 aromatic carbocycles. The molecule has 1 atom stereocenters. The van der Waals surface area contributed by atoms with Gasteiger partial charge < -0.3 is 24.4 Å². The highest BCUT2D eigenvalue weighted by Crippen LogP contribution is 2.26. The molecule has 0 aliphatic rings. The molecule has 1 unspecified atom stereocenters. The molecule has 0 fully saturated rings. The van der Waals surface area contributed by atoms with Gasteiger partial charge in [-0.15, -0.1) is 0 Å². The van der Waals surface area contributed by atoms with Crippen LogP contribution < -0.4 is 14.8 Å². The predicted octanol–water partition coefficient (Wildman–Crippen LogP) is 2.13. The lowest BCUT2D eigenvalue weighted by atomic mass is 10.1. The maximum Gasteiger partial charge on any atom is 0.138 e. The number of hydrogen-bond acceptors (Lipinski definition) is 6. The maximum absolute atomic E-state index is 10.3. The summed E-state index contributed by atoms with van der Waals surface area (Å²) in [6, 6.07) is 5.36. The second kappa shape index (κ2) is 7.29. The average Bonchev–Trinajstić information content (AvgIpc) is 2.85. The van der Waals surface area contributed by atoms with Crippen LogP contribution in [0.1, 0.15) is 28.7 Å². The number of aliphatic hydroxyl groups is 1. The number of nitrogens with zero attached hydrogens (tertiary/aromatic N) is 1. The highest BCUT2D eigenvalue weighted by atomic mass is 16.5. The smallest absolute Gasteiger partial charge is 0.138 e. The Kier molecular flexibility index (Phi) is 5.41. The summed E-state index contributed by atoms with van der Waals surface area (Å²) < 4.78 is 15.5. The molecule has 2 rings (SSSR count). The quantitative estimate of drug-likeness (QED) is 0.816. The van der Waals surface area contributed by atoms with E-state index in [4.69, 9.17) is 14.0 Å². The van der Waals surface area contributed by atoms with E-state index in [0.717, 1.165) is 22.6 Å². The van der Waals surface area contributed by atoms with E-state index in [1.54, 1.807) is 32.4 Å². The number of nitrogens with one attached hydrogen (secondary N) is 1. The van der Waals surface area contributed by atoms with E-state index in [-0.39, 0.29) is 0 Å². The number of aryl methyl sites for hydroxylation is 2. The van der Waals surface area contributed by atoms with Crippen LogP contribution in [0.4, 0.5) is 0 Å². The average molecular weight is 306 g/mol. The first-order valence-corrected chi connectivity index (χ1v) is 7.08. The van der Waals surface area contributed by atoms with Gasteiger partial charge in [-0.1, -0.05) is 5.16 Å². The van der Waals surface area contributed by atoms with Crippen molar-refractivity contribution < 1.29 is 19.1 Å². The van der Waals surface area contributed by atoms with E-state index in [1.165, 1.54) is 0 Å². The van der Waals surface area contributed by atoms with Crippen molar-refractivity contribution in [1.82, 2.24) is 10.5 Å². The van der Waals surface area contributed by atoms with Crippen LogP contribution in [0.25, 0.3) is 0 Å². The number of aliphatic hydroxyl groups excluding tert-OH is 1. The van der Waals surface area contributed by atoms with Crippen LogP contribution in [0.5, 0.6) is 11.5 Å². The molecule has 0 bridgehead atoms. The third kappa shape index (κ3) is 3.78. The van der Waals surface area contributed by atoms with E-state index < -0.39 is 6.10 Å². The fraction of sp³-hybridized carbons (Fsp3) is 0.438. The first-order chi connectivity index (χ1) is 10.5. The van der Waals surface area contributed by atoms with Gasteiger partial charge in [-0.25, -0.2) is 0 Å². The molecule has 1 aromatic heterocycles. The van der Waals surface area contributed by atoms with Gasteiger partial charge in [0.2, 0.25) is 0 Å². The Balaban J connectivity index is 1.99. The molecule has 0 amide bonds. The van der Waals surface area contributed by atoms with E-state index in [2.05, 4.69) is 10.5 Å². The zero-order valence-corrected chi connectivity index (χ0v) is 13.3. The van der Waals surface area contributed by atoms with Crippen molar-refractivity contribution in [2.24, 2.45) is 0 Å². The Bertz CT molecular complexity index is 583. The van der Waals surface area contributed by atoms with Gasteiger partial charge >= 0.3 is 0 Å². The number of ether oxygens (including phenoxy) is 2. The molecule has 0 radical (unpaired) electrons. The molecule has 2 N–H and O–H groups in total. The lowest BCUT2D eigenvalue weighted by Crippen LogP contribution is -2.21. The number of aromatic nitrogens is 1. The molecule has 0 saturated carbocycles. The Morgan fingerprint density at radius 1 is 1.18 bits per heavy atom. The monoisotopic (exact) mass is 306 g/mol. The first-order valence-electron chi connectivity index (χ1n) is 7.08. The van der Waals surface area contributed by atoms with Crippen molar-refractivity contribution in [3.8, 4) is 11.5 Å². The van der Waals surface area contributed by atoms with Crippen molar-refractivity contribution in [3.63, 3.8) is 0 Å². The summed E-state index contributed by atoms with van der Waals surface area (Å²) in [6.45, 7) is 4.77. The van der Waals surface area contributed by atoms with Crippen molar-refractivity contribution in [2.75, 3.05) is 20.8 Å². The molecule has 1 heterocycles. The van der Waals surface area contributed by atoms with Gasteiger partial charge in [-0.2, -0.15) is 0 Å². The van der Waals surface area contributed by atoms with Gasteiger partial charge in [0.25, 0.3) is 0 Å². The molecule has 6 heteroatoms. The van der Waals surface area contributed by atoms with Crippen LogP contribution in [0.3, 0.4) is 0 Å². The summed E-state index contributed by atoms with van der Waals surface area (Å²) in [5.41, 5.74) is 2.63. The van der Waals surface area contributed by atoms with E-state index in [9.17, 15) is 5.11 Å². The van der Waals surface area contributed by atoms with Crippen LogP contribution >= 0.6 is 0 Å². The third-order valence-corrected chi connectivity index (χ3v) is 3.58. The van der Waals surface area contributed by atoms with Crippen molar-refractivity contribution in [2.45, 2.75) is 26.5 Å². The van der Waals surface area contributed by atoms with Crippen LogP contribution in [0.15, 0.2) is 22.7 Å². The minimum absolute atomic E-state index is 0.403. The van der Waals surface area contributed by atoms with Crippen molar-refractivity contribution >= 4 is 0 Å². The Hall–Kier alpha value is -2.05. The minimum atomic E-state index is -0.663. The molecule has 0 aliphatic carbocycles. The molecule has 6 nitrogen and oxygen atoms in total. The van der Waals surface area contributed by atoms with Gasteiger partial charge in [-0.05, 0) is 31.5 Å². The Morgan fingerprint density at radius 3 is 2.32 bits per heavy atom. The van der Waals surface area contributed by atoms with Crippen molar-refractivity contribution in [3.05, 3.63) is 40.8 Å². The second-order valence-corrected chi connectivity index (χ2v) is 5.10. The van der Waals surface area contributed by atoms with Crippen molar-refractivity contribution in [1.29, 1.82) is 0 Å². The normalized spacial score (nSPS) is 12.2. The second-order valence-electron chi connectivity index (χ2n) is 5.10. The SMILES string of the molecule is COc1cc(OC)cc(C(O)CNCc2c(C)noc2C)c1. The van der Waals surface area contributed by atoms with E-state index in [0.29, 0.717) is 24.6 Å². The Morgan fingerprint density at radius 2 is 1.82 bits per heavy atom.